The molecule has 8 heteroatoms. The Labute approximate surface area is 128 Å². The van der Waals surface area contributed by atoms with Crippen LogP contribution in [-0.4, -0.2) is 18.1 Å². The van der Waals surface area contributed by atoms with Crippen LogP contribution in [0.25, 0.3) is 0 Å². The molecule has 0 unspecified atom stereocenters. The summed E-state index contributed by atoms with van der Waals surface area (Å²) in [5, 5.41) is 0. The molecule has 0 aliphatic carbocycles. The molecule has 0 saturated carbocycles. The minimum Gasteiger partial charge on any atom is -0.465 e. The first-order valence-corrected chi connectivity index (χ1v) is 6.33. The topological polar surface area (TPSA) is 48.4 Å². The molecule has 0 amide bonds. The van der Waals surface area contributed by atoms with Crippen LogP contribution in [0.1, 0.15) is 21.6 Å². The first kappa shape index (κ1) is 16.7. The predicted octanol–water partition coefficient (Wildman–Crippen LogP) is 4.13. The highest BCUT2D eigenvalue weighted by molar-refractivity contribution is 5.91. The number of hydrogen-bond acceptors (Lipinski definition) is 4. The first-order valence-electron chi connectivity index (χ1n) is 6.33. The van der Waals surface area contributed by atoms with E-state index in [0.29, 0.717) is 11.6 Å². The predicted molar refractivity (Wildman–Crippen MR) is 71.8 cm³/mol. The van der Waals surface area contributed by atoms with Crippen LogP contribution < -0.4 is 4.74 Å². The Kier molecular flexibility index (Phi) is 4.53. The second kappa shape index (κ2) is 6.23. The molecule has 0 bridgehead atoms. The van der Waals surface area contributed by atoms with E-state index in [9.17, 15) is 22.4 Å². The number of rotatable bonds is 3. The summed E-state index contributed by atoms with van der Waals surface area (Å²) in [4.78, 5) is 15.0. The van der Waals surface area contributed by atoms with Crippen molar-refractivity contribution in [2.24, 2.45) is 0 Å². The summed E-state index contributed by atoms with van der Waals surface area (Å²) in [6.07, 6.45) is -4.70. The number of aromatic nitrogens is 1. The van der Waals surface area contributed by atoms with Crippen molar-refractivity contribution in [3.63, 3.8) is 0 Å². The summed E-state index contributed by atoms with van der Waals surface area (Å²) >= 11 is 0. The van der Waals surface area contributed by atoms with Crippen molar-refractivity contribution in [3.05, 3.63) is 53.0 Å². The summed E-state index contributed by atoms with van der Waals surface area (Å²) in [6, 6.07) is 5.01. The van der Waals surface area contributed by atoms with E-state index in [1.165, 1.54) is 13.0 Å². The zero-order valence-electron chi connectivity index (χ0n) is 12.1. The van der Waals surface area contributed by atoms with Gasteiger partial charge in [-0.2, -0.15) is 13.2 Å². The van der Waals surface area contributed by atoms with Crippen molar-refractivity contribution in [2.45, 2.75) is 13.1 Å². The standard InChI is InChI=1S/C15H11F4NO3/c1-8-7-9(16)3-5-11(8)23-13-10(14(21)22-2)4-6-12(20-13)15(17,18)19/h3-7H,1-2H3. The summed E-state index contributed by atoms with van der Waals surface area (Å²) < 4.78 is 61.1. The quantitative estimate of drug-likeness (QED) is 0.628. The van der Waals surface area contributed by atoms with Gasteiger partial charge in [-0.15, -0.1) is 0 Å². The third-order valence-electron chi connectivity index (χ3n) is 2.90. The third kappa shape index (κ3) is 3.77. The Morgan fingerprint density at radius 3 is 2.43 bits per heavy atom. The average Bonchev–Trinajstić information content (AvgIpc) is 2.48. The number of pyridine rings is 1. The van der Waals surface area contributed by atoms with Gasteiger partial charge in [0, 0.05) is 0 Å². The summed E-state index contributed by atoms with van der Waals surface area (Å²) in [7, 11) is 1.08. The molecule has 0 aliphatic heterocycles. The van der Waals surface area contributed by atoms with E-state index in [1.54, 1.807) is 0 Å². The zero-order valence-corrected chi connectivity index (χ0v) is 12.1. The van der Waals surface area contributed by atoms with Crippen molar-refractivity contribution in [3.8, 4) is 11.6 Å². The monoisotopic (exact) mass is 329 g/mol. The number of esters is 1. The highest BCUT2D eigenvalue weighted by Crippen LogP contribution is 2.33. The van der Waals surface area contributed by atoms with Gasteiger partial charge in [0.05, 0.1) is 7.11 Å². The number of alkyl halides is 3. The summed E-state index contributed by atoms with van der Waals surface area (Å²) in [5.41, 5.74) is -1.16. The van der Waals surface area contributed by atoms with Crippen molar-refractivity contribution in [2.75, 3.05) is 7.11 Å². The van der Waals surface area contributed by atoms with Gasteiger partial charge in [-0.1, -0.05) is 0 Å². The van der Waals surface area contributed by atoms with Gasteiger partial charge in [0.1, 0.15) is 22.8 Å². The van der Waals surface area contributed by atoms with E-state index >= 15 is 0 Å². The minimum atomic E-state index is -4.70. The lowest BCUT2D eigenvalue weighted by molar-refractivity contribution is -0.141. The van der Waals surface area contributed by atoms with Crippen LogP contribution in [0.4, 0.5) is 17.6 Å². The van der Waals surface area contributed by atoms with Crippen molar-refractivity contribution >= 4 is 5.97 Å². The number of carbonyl (C=O) groups is 1. The van der Waals surface area contributed by atoms with Gasteiger partial charge in [-0.05, 0) is 42.8 Å². The second-order valence-corrected chi connectivity index (χ2v) is 4.55. The maximum Gasteiger partial charge on any atom is 0.433 e. The van der Waals surface area contributed by atoms with Crippen molar-refractivity contribution < 1.29 is 31.8 Å². The minimum absolute atomic E-state index is 0.0726. The molecule has 1 aromatic carbocycles. The van der Waals surface area contributed by atoms with Gasteiger partial charge in [0.2, 0.25) is 5.88 Å². The van der Waals surface area contributed by atoms with Crippen LogP contribution in [0, 0.1) is 12.7 Å². The Morgan fingerprint density at radius 2 is 1.87 bits per heavy atom. The molecule has 122 valence electrons. The Balaban J connectivity index is 2.50. The van der Waals surface area contributed by atoms with Crippen LogP contribution in [0.5, 0.6) is 11.6 Å². The number of nitrogens with zero attached hydrogens (tertiary/aromatic N) is 1. The first-order chi connectivity index (χ1) is 10.7. The van der Waals surface area contributed by atoms with E-state index in [0.717, 1.165) is 25.3 Å². The van der Waals surface area contributed by atoms with Gasteiger partial charge in [-0.3, -0.25) is 0 Å². The number of benzene rings is 1. The molecule has 0 N–H and O–H groups in total. The molecule has 0 aliphatic rings. The Hall–Kier alpha value is -2.64. The smallest absolute Gasteiger partial charge is 0.433 e. The molecular weight excluding hydrogens is 318 g/mol. The fourth-order valence-corrected chi connectivity index (χ4v) is 1.77. The molecule has 0 saturated heterocycles. The lowest BCUT2D eigenvalue weighted by atomic mass is 10.2. The maximum atomic E-state index is 13.1. The third-order valence-corrected chi connectivity index (χ3v) is 2.90. The number of ether oxygens (including phenoxy) is 2. The van der Waals surface area contributed by atoms with Crippen LogP contribution >= 0.6 is 0 Å². The van der Waals surface area contributed by atoms with Crippen molar-refractivity contribution in [1.29, 1.82) is 0 Å². The molecule has 1 heterocycles. The zero-order chi connectivity index (χ0) is 17.2. The summed E-state index contributed by atoms with van der Waals surface area (Å²) in [6.45, 7) is 1.50. The number of halogens is 4. The molecule has 2 aromatic rings. The molecule has 1 aromatic heterocycles. The van der Waals surface area contributed by atoms with E-state index in [1.807, 2.05) is 0 Å². The van der Waals surface area contributed by atoms with Crippen LogP contribution in [-0.2, 0) is 10.9 Å². The molecule has 0 spiro atoms. The van der Waals surface area contributed by atoms with Crippen molar-refractivity contribution in [1.82, 2.24) is 4.98 Å². The normalized spacial score (nSPS) is 11.2. The fourth-order valence-electron chi connectivity index (χ4n) is 1.77. The molecule has 0 atom stereocenters. The molecule has 4 nitrogen and oxygen atoms in total. The number of methoxy groups -OCH3 is 1. The van der Waals surface area contributed by atoms with Crippen LogP contribution in [0.15, 0.2) is 30.3 Å². The van der Waals surface area contributed by atoms with Gasteiger partial charge >= 0.3 is 12.1 Å². The van der Waals surface area contributed by atoms with E-state index in [-0.39, 0.29) is 11.3 Å². The number of carbonyl (C=O) groups excluding carboxylic acids is 1. The fraction of sp³-hybridized carbons (Fsp3) is 0.200. The van der Waals surface area contributed by atoms with Gasteiger partial charge in [0.15, 0.2) is 0 Å². The van der Waals surface area contributed by atoms with Gasteiger partial charge in [-0.25, -0.2) is 14.2 Å². The molecule has 0 fully saturated rings. The largest absolute Gasteiger partial charge is 0.465 e. The van der Waals surface area contributed by atoms with E-state index in [2.05, 4.69) is 9.72 Å². The van der Waals surface area contributed by atoms with Crippen LogP contribution in [0.2, 0.25) is 0 Å². The lowest BCUT2D eigenvalue weighted by Crippen LogP contribution is -2.12. The van der Waals surface area contributed by atoms with Gasteiger partial charge < -0.3 is 9.47 Å². The van der Waals surface area contributed by atoms with E-state index in [4.69, 9.17) is 4.74 Å². The number of aryl methyl sites for hydroxylation is 1. The molecular formula is C15H11F4NO3. The molecule has 2 rings (SSSR count). The average molecular weight is 329 g/mol. The SMILES string of the molecule is COC(=O)c1ccc(C(F)(F)F)nc1Oc1ccc(F)cc1C. The Bertz CT molecular complexity index is 744. The number of hydrogen-bond donors (Lipinski definition) is 0. The molecule has 0 radical (unpaired) electrons. The second-order valence-electron chi connectivity index (χ2n) is 4.55. The highest BCUT2D eigenvalue weighted by Gasteiger charge is 2.34. The van der Waals surface area contributed by atoms with E-state index < -0.39 is 29.5 Å². The van der Waals surface area contributed by atoms with Crippen LogP contribution in [0.3, 0.4) is 0 Å². The highest BCUT2D eigenvalue weighted by atomic mass is 19.4. The summed E-state index contributed by atoms with van der Waals surface area (Å²) in [5.74, 6) is -1.93. The Morgan fingerprint density at radius 1 is 1.17 bits per heavy atom. The lowest BCUT2D eigenvalue weighted by Gasteiger charge is -2.13. The molecule has 23 heavy (non-hydrogen) atoms. The maximum absolute atomic E-state index is 13.1. The van der Waals surface area contributed by atoms with Gasteiger partial charge in [0.25, 0.3) is 0 Å².